The van der Waals surface area contributed by atoms with Gasteiger partial charge in [0.05, 0.1) is 0 Å². The number of amides is 1. The van der Waals surface area contributed by atoms with Crippen molar-refractivity contribution in [2.45, 2.75) is 20.0 Å². The summed E-state index contributed by atoms with van der Waals surface area (Å²) in [5.41, 5.74) is 0. The van der Waals surface area contributed by atoms with Gasteiger partial charge in [0.2, 0.25) is 0 Å². The van der Waals surface area contributed by atoms with Crippen LogP contribution in [0.5, 0.6) is 0 Å². The van der Waals surface area contributed by atoms with E-state index in [0.717, 1.165) is 0 Å². The molecule has 1 unspecified atom stereocenters. The van der Waals surface area contributed by atoms with Crippen molar-refractivity contribution in [2.75, 3.05) is 6.54 Å². The molecule has 0 radical (unpaired) electrons. The van der Waals surface area contributed by atoms with Gasteiger partial charge in [-0.25, -0.2) is 4.79 Å². The molecule has 0 heterocycles. The molecule has 58 valence electrons. The lowest BCUT2D eigenvalue weighted by Gasteiger charge is -2.05. The Kier molecular flexibility index (Phi) is 4.28. The Hall–Kier alpha value is -1.06. The third kappa shape index (κ3) is 3.88. The van der Waals surface area contributed by atoms with E-state index in [4.69, 9.17) is 0 Å². The van der Waals surface area contributed by atoms with E-state index in [0.29, 0.717) is 12.8 Å². The molecule has 1 amide bonds. The summed E-state index contributed by atoms with van der Waals surface area (Å²) in [6.45, 7) is 3.78. The van der Waals surface area contributed by atoms with Crippen LogP contribution in [0, 0.1) is 0 Å². The molecule has 4 heteroatoms. The van der Waals surface area contributed by atoms with Crippen molar-refractivity contribution in [1.82, 2.24) is 5.32 Å². The summed E-state index contributed by atoms with van der Waals surface area (Å²) in [4.78, 5) is 20.5. The van der Waals surface area contributed by atoms with E-state index in [-0.39, 0.29) is 0 Å². The molecule has 0 saturated carbocycles. The number of aldehydes is 1. The van der Waals surface area contributed by atoms with Crippen LogP contribution in [0.1, 0.15) is 13.8 Å². The highest BCUT2D eigenvalue weighted by molar-refractivity contribution is 5.70. The summed E-state index contributed by atoms with van der Waals surface area (Å²) in [6, 6.07) is 0. The summed E-state index contributed by atoms with van der Waals surface area (Å²) < 4.78 is 4.52. The van der Waals surface area contributed by atoms with Crippen LogP contribution in [0.4, 0.5) is 4.79 Å². The molecular formula is C6H11NO3. The SMILES string of the molecule is CCNC(=O)OC(C)C=O. The predicted octanol–water partition coefficient (Wildman–Crippen LogP) is 0.320. The Morgan fingerprint density at radius 1 is 1.80 bits per heavy atom. The Bertz CT molecular complexity index is 124. The molecular weight excluding hydrogens is 134 g/mol. The van der Waals surface area contributed by atoms with Crippen LogP contribution in [0.2, 0.25) is 0 Å². The Balaban J connectivity index is 3.46. The second-order valence-electron chi connectivity index (χ2n) is 1.78. The van der Waals surface area contributed by atoms with E-state index < -0.39 is 12.2 Å². The van der Waals surface area contributed by atoms with Gasteiger partial charge in [-0.1, -0.05) is 0 Å². The molecule has 4 nitrogen and oxygen atoms in total. The van der Waals surface area contributed by atoms with Gasteiger partial charge in [0.1, 0.15) is 0 Å². The zero-order chi connectivity index (χ0) is 7.98. The standard InChI is InChI=1S/C6H11NO3/c1-3-7-6(9)10-5(2)4-8/h4-5H,3H2,1-2H3,(H,7,9). The molecule has 0 fully saturated rings. The maximum absolute atomic E-state index is 10.5. The second kappa shape index (κ2) is 4.78. The summed E-state index contributed by atoms with van der Waals surface area (Å²) in [5, 5.41) is 2.39. The first-order valence-electron chi connectivity index (χ1n) is 3.10. The fraction of sp³-hybridized carbons (Fsp3) is 0.667. The average molecular weight is 145 g/mol. The minimum absolute atomic E-state index is 0.504. The maximum Gasteiger partial charge on any atom is 0.407 e. The fourth-order valence-corrected chi connectivity index (χ4v) is 0.383. The van der Waals surface area contributed by atoms with E-state index in [9.17, 15) is 9.59 Å². The monoisotopic (exact) mass is 145 g/mol. The van der Waals surface area contributed by atoms with Crippen LogP contribution >= 0.6 is 0 Å². The van der Waals surface area contributed by atoms with Crippen molar-refractivity contribution in [1.29, 1.82) is 0 Å². The first kappa shape index (κ1) is 8.94. The Labute approximate surface area is 59.6 Å². The lowest BCUT2D eigenvalue weighted by atomic mass is 10.5. The molecule has 0 bridgehead atoms. The molecule has 0 aromatic rings. The van der Waals surface area contributed by atoms with Crippen LogP contribution < -0.4 is 5.32 Å². The van der Waals surface area contributed by atoms with Gasteiger partial charge >= 0.3 is 6.09 Å². The molecule has 1 N–H and O–H groups in total. The van der Waals surface area contributed by atoms with Crippen molar-refractivity contribution in [3.8, 4) is 0 Å². The van der Waals surface area contributed by atoms with Gasteiger partial charge in [0.25, 0.3) is 0 Å². The normalized spacial score (nSPS) is 11.8. The number of nitrogens with one attached hydrogen (secondary N) is 1. The molecule has 0 aromatic carbocycles. The summed E-state index contributed by atoms with van der Waals surface area (Å²) >= 11 is 0. The molecule has 10 heavy (non-hydrogen) atoms. The number of ether oxygens (including phenoxy) is 1. The van der Waals surface area contributed by atoms with Crippen molar-refractivity contribution >= 4 is 12.4 Å². The highest BCUT2D eigenvalue weighted by Gasteiger charge is 2.04. The van der Waals surface area contributed by atoms with Gasteiger partial charge in [-0.15, -0.1) is 0 Å². The summed E-state index contributed by atoms with van der Waals surface area (Å²) in [7, 11) is 0. The van der Waals surface area contributed by atoms with Crippen molar-refractivity contribution in [2.24, 2.45) is 0 Å². The van der Waals surface area contributed by atoms with Crippen molar-refractivity contribution < 1.29 is 14.3 Å². The van der Waals surface area contributed by atoms with Gasteiger partial charge in [-0.05, 0) is 13.8 Å². The fourth-order valence-electron chi connectivity index (χ4n) is 0.383. The van der Waals surface area contributed by atoms with Gasteiger partial charge < -0.3 is 10.1 Å². The van der Waals surface area contributed by atoms with Crippen LogP contribution in [0.25, 0.3) is 0 Å². The minimum atomic E-state index is -0.661. The largest absolute Gasteiger partial charge is 0.439 e. The maximum atomic E-state index is 10.5. The predicted molar refractivity (Wildman–Crippen MR) is 35.7 cm³/mol. The van der Waals surface area contributed by atoms with Crippen molar-refractivity contribution in [3.05, 3.63) is 0 Å². The van der Waals surface area contributed by atoms with Gasteiger partial charge in [-0.3, -0.25) is 4.79 Å². The number of carbonyl (C=O) groups excluding carboxylic acids is 2. The van der Waals surface area contributed by atoms with Crippen LogP contribution in [-0.2, 0) is 9.53 Å². The molecule has 0 spiro atoms. The van der Waals surface area contributed by atoms with Crippen LogP contribution in [0.15, 0.2) is 0 Å². The Morgan fingerprint density at radius 2 is 2.40 bits per heavy atom. The zero-order valence-corrected chi connectivity index (χ0v) is 6.09. The molecule has 0 aliphatic rings. The van der Waals surface area contributed by atoms with Gasteiger partial charge in [0, 0.05) is 6.54 Å². The van der Waals surface area contributed by atoms with Crippen molar-refractivity contribution in [3.63, 3.8) is 0 Å². The third-order valence-corrected chi connectivity index (χ3v) is 0.806. The lowest BCUT2D eigenvalue weighted by molar-refractivity contribution is -0.114. The second-order valence-corrected chi connectivity index (χ2v) is 1.78. The molecule has 0 aliphatic carbocycles. The number of hydrogen-bond acceptors (Lipinski definition) is 3. The van der Waals surface area contributed by atoms with Gasteiger partial charge in [0.15, 0.2) is 12.4 Å². The molecule has 0 aromatic heterocycles. The smallest absolute Gasteiger partial charge is 0.407 e. The summed E-state index contributed by atoms with van der Waals surface area (Å²) in [6.07, 6.45) is -0.649. The van der Waals surface area contributed by atoms with E-state index in [1.807, 2.05) is 0 Å². The zero-order valence-electron chi connectivity index (χ0n) is 6.09. The van der Waals surface area contributed by atoms with E-state index >= 15 is 0 Å². The quantitative estimate of drug-likeness (QED) is 0.582. The summed E-state index contributed by atoms with van der Waals surface area (Å²) in [5.74, 6) is 0. The van der Waals surface area contributed by atoms with Crippen LogP contribution in [0.3, 0.4) is 0 Å². The van der Waals surface area contributed by atoms with E-state index in [1.165, 1.54) is 6.92 Å². The van der Waals surface area contributed by atoms with Gasteiger partial charge in [-0.2, -0.15) is 0 Å². The Morgan fingerprint density at radius 3 is 2.80 bits per heavy atom. The topological polar surface area (TPSA) is 55.4 Å². The molecule has 0 aliphatic heterocycles. The van der Waals surface area contributed by atoms with Crippen LogP contribution in [-0.4, -0.2) is 25.0 Å². The average Bonchev–Trinajstić information content (AvgIpc) is 1.88. The molecule has 0 saturated heterocycles. The number of alkyl carbamates (subject to hydrolysis) is 1. The molecule has 1 atom stereocenters. The first-order chi connectivity index (χ1) is 4.70. The number of carbonyl (C=O) groups is 2. The highest BCUT2D eigenvalue weighted by Crippen LogP contribution is 1.85. The number of rotatable bonds is 3. The first-order valence-corrected chi connectivity index (χ1v) is 3.10. The number of hydrogen-bond donors (Lipinski definition) is 1. The van der Waals surface area contributed by atoms with E-state index in [1.54, 1.807) is 6.92 Å². The molecule has 0 rings (SSSR count). The minimum Gasteiger partial charge on any atom is -0.439 e. The highest BCUT2D eigenvalue weighted by atomic mass is 16.6. The third-order valence-electron chi connectivity index (χ3n) is 0.806. The lowest BCUT2D eigenvalue weighted by Crippen LogP contribution is -2.27. The van der Waals surface area contributed by atoms with E-state index in [2.05, 4.69) is 10.1 Å².